The number of aromatic nitrogens is 2. The van der Waals surface area contributed by atoms with Crippen molar-refractivity contribution in [2.45, 2.75) is 13.5 Å². The van der Waals surface area contributed by atoms with E-state index in [0.717, 1.165) is 5.56 Å². The molecular weight excluding hydrogens is 330 g/mol. The van der Waals surface area contributed by atoms with E-state index in [0.29, 0.717) is 18.1 Å². The highest BCUT2D eigenvalue weighted by Crippen LogP contribution is 2.15. The van der Waals surface area contributed by atoms with Gasteiger partial charge in [-0.3, -0.25) is 9.59 Å². The Morgan fingerprint density at radius 3 is 2.75 bits per heavy atom. The molecule has 3 aromatic rings. The molecule has 24 heavy (non-hydrogen) atoms. The van der Waals surface area contributed by atoms with Crippen molar-refractivity contribution < 1.29 is 5.11 Å². The lowest BCUT2D eigenvalue weighted by molar-refractivity contribution is 0.472. The third-order valence-electron chi connectivity index (χ3n) is 3.69. The maximum atomic E-state index is 12.6. The molecule has 0 bridgehead atoms. The summed E-state index contributed by atoms with van der Waals surface area (Å²) in [5, 5.41) is 13.6. The molecule has 3 rings (SSSR count). The van der Waals surface area contributed by atoms with Crippen LogP contribution in [-0.4, -0.2) is 20.6 Å². The quantitative estimate of drug-likeness (QED) is 0.760. The van der Waals surface area contributed by atoms with Crippen molar-refractivity contribution in [1.82, 2.24) is 8.97 Å². The first-order valence-corrected chi connectivity index (χ1v) is 7.84. The number of nitrogens with zero attached hydrogens (tertiary/aromatic N) is 2. The lowest BCUT2D eigenvalue weighted by Crippen LogP contribution is -2.25. The molecule has 0 atom stereocenters. The van der Waals surface area contributed by atoms with Crippen LogP contribution in [-0.2, 0) is 6.54 Å². The lowest BCUT2D eigenvalue weighted by atomic mass is 10.2. The fourth-order valence-corrected chi connectivity index (χ4v) is 2.79. The van der Waals surface area contributed by atoms with Gasteiger partial charge in [-0.2, -0.15) is 0 Å². The Labute approximate surface area is 142 Å². The van der Waals surface area contributed by atoms with Crippen LogP contribution in [0.4, 0.5) is 5.69 Å². The molecule has 6 nitrogen and oxygen atoms in total. The van der Waals surface area contributed by atoms with E-state index in [9.17, 15) is 14.7 Å². The zero-order valence-electron chi connectivity index (χ0n) is 13.0. The normalized spacial score (nSPS) is 10.9. The monoisotopic (exact) mass is 345 g/mol. The molecule has 7 heteroatoms. The molecule has 2 N–H and O–H groups in total. The van der Waals surface area contributed by atoms with Crippen LogP contribution in [0.3, 0.4) is 0 Å². The molecule has 0 saturated heterocycles. The third-order valence-corrected chi connectivity index (χ3v) is 3.93. The maximum Gasteiger partial charge on any atom is 0.279 e. The topological polar surface area (TPSA) is 75.7 Å². The van der Waals surface area contributed by atoms with Gasteiger partial charge in [-0.25, -0.2) is 0 Å². The van der Waals surface area contributed by atoms with Crippen LogP contribution >= 0.6 is 11.6 Å². The van der Waals surface area contributed by atoms with Crippen LogP contribution in [0.15, 0.2) is 52.4 Å². The van der Waals surface area contributed by atoms with Gasteiger partial charge < -0.3 is 19.4 Å². The Morgan fingerprint density at radius 2 is 2.04 bits per heavy atom. The van der Waals surface area contributed by atoms with Gasteiger partial charge in [-0.15, -0.1) is 0 Å². The number of hydrogen-bond donors (Lipinski definition) is 2. The Hall–Kier alpha value is -2.73. The fourth-order valence-electron chi connectivity index (χ4n) is 2.58. The predicted octanol–water partition coefficient (Wildman–Crippen LogP) is 2.30. The van der Waals surface area contributed by atoms with Crippen LogP contribution in [0.1, 0.15) is 12.5 Å². The van der Waals surface area contributed by atoms with Gasteiger partial charge in [0.25, 0.3) is 5.56 Å². The van der Waals surface area contributed by atoms with Gasteiger partial charge in [-0.1, -0.05) is 23.7 Å². The summed E-state index contributed by atoms with van der Waals surface area (Å²) in [6, 6.07) is 7.16. The Kier molecular flexibility index (Phi) is 4.31. The molecule has 0 unspecified atom stereocenters. The second-order valence-electron chi connectivity index (χ2n) is 5.37. The summed E-state index contributed by atoms with van der Waals surface area (Å²) in [4.78, 5) is 24.8. The molecule has 124 valence electrons. The summed E-state index contributed by atoms with van der Waals surface area (Å²) in [6.07, 6.45) is 4.74. The number of pyridine rings is 1. The first kappa shape index (κ1) is 16.1. The molecule has 0 aliphatic heterocycles. The summed E-state index contributed by atoms with van der Waals surface area (Å²) in [6.45, 7) is 2.67. The highest BCUT2D eigenvalue weighted by molar-refractivity contribution is 6.30. The average molecular weight is 346 g/mol. The Balaban J connectivity index is 2.14. The second-order valence-corrected chi connectivity index (χ2v) is 5.80. The molecule has 2 aromatic heterocycles. The van der Waals surface area contributed by atoms with Crippen LogP contribution in [0, 0.1) is 0 Å². The van der Waals surface area contributed by atoms with Gasteiger partial charge in [-0.05, 0) is 24.6 Å². The van der Waals surface area contributed by atoms with Crippen LogP contribution < -0.4 is 16.3 Å². The van der Waals surface area contributed by atoms with Gasteiger partial charge in [0, 0.05) is 30.2 Å². The number of benzene rings is 1. The number of halogens is 1. The SMILES string of the molecule is CCNc1cn2ccn(Cc3cccc(Cl)c3)c(=O)c2c(O)c1=O. The number of fused-ring (bicyclic) bond motifs is 1. The van der Waals surface area contributed by atoms with E-state index in [1.807, 2.05) is 13.0 Å². The molecule has 0 spiro atoms. The van der Waals surface area contributed by atoms with Gasteiger partial charge in [0.1, 0.15) is 5.69 Å². The molecule has 0 aliphatic carbocycles. The van der Waals surface area contributed by atoms with E-state index in [-0.39, 0.29) is 11.2 Å². The van der Waals surface area contributed by atoms with E-state index < -0.39 is 16.7 Å². The van der Waals surface area contributed by atoms with Crippen molar-refractivity contribution >= 4 is 22.8 Å². The average Bonchev–Trinajstić information content (AvgIpc) is 2.55. The van der Waals surface area contributed by atoms with Gasteiger partial charge >= 0.3 is 0 Å². The van der Waals surface area contributed by atoms with Crippen LogP contribution in [0.25, 0.3) is 5.52 Å². The van der Waals surface area contributed by atoms with Crippen molar-refractivity contribution in [2.24, 2.45) is 0 Å². The number of anilines is 1. The molecule has 1 aromatic carbocycles. The minimum Gasteiger partial charge on any atom is -0.502 e. The zero-order valence-corrected chi connectivity index (χ0v) is 13.7. The summed E-state index contributed by atoms with van der Waals surface area (Å²) in [5.41, 5.74) is 0.00954. The Morgan fingerprint density at radius 1 is 1.25 bits per heavy atom. The van der Waals surface area contributed by atoms with Gasteiger partial charge in [0.05, 0.1) is 6.54 Å². The maximum absolute atomic E-state index is 12.6. The van der Waals surface area contributed by atoms with E-state index in [1.54, 1.807) is 30.6 Å². The smallest absolute Gasteiger partial charge is 0.279 e. The predicted molar refractivity (Wildman–Crippen MR) is 94.3 cm³/mol. The molecule has 0 radical (unpaired) electrons. The standard InChI is InChI=1S/C17H16ClN3O3/c1-2-19-13-10-20-6-7-21(9-11-4-3-5-12(18)8-11)17(24)14(20)16(23)15(13)22/h3-8,10,19,23H,2,9H2,1H3. The third kappa shape index (κ3) is 2.88. The summed E-state index contributed by atoms with van der Waals surface area (Å²) >= 11 is 5.96. The van der Waals surface area contributed by atoms with Crippen molar-refractivity contribution in [3.63, 3.8) is 0 Å². The van der Waals surface area contributed by atoms with Gasteiger partial charge in [0.15, 0.2) is 11.3 Å². The lowest BCUT2D eigenvalue weighted by Gasteiger charge is -2.11. The first-order valence-electron chi connectivity index (χ1n) is 7.47. The van der Waals surface area contributed by atoms with E-state index in [4.69, 9.17) is 11.6 Å². The molecule has 2 heterocycles. The first-order chi connectivity index (χ1) is 11.5. The highest BCUT2D eigenvalue weighted by Gasteiger charge is 2.14. The van der Waals surface area contributed by atoms with Crippen molar-refractivity contribution in [1.29, 1.82) is 0 Å². The van der Waals surface area contributed by atoms with Crippen molar-refractivity contribution in [2.75, 3.05) is 11.9 Å². The summed E-state index contributed by atoms with van der Waals surface area (Å²) in [7, 11) is 0. The largest absolute Gasteiger partial charge is 0.502 e. The van der Waals surface area contributed by atoms with Crippen molar-refractivity contribution in [3.8, 4) is 5.75 Å². The molecule has 0 aliphatic rings. The number of aromatic hydroxyl groups is 1. The molecule has 0 amide bonds. The van der Waals surface area contributed by atoms with E-state index >= 15 is 0 Å². The number of rotatable bonds is 4. The number of hydrogen-bond acceptors (Lipinski definition) is 4. The van der Waals surface area contributed by atoms with Crippen LogP contribution in [0.5, 0.6) is 5.75 Å². The zero-order chi connectivity index (χ0) is 17.3. The minimum absolute atomic E-state index is 0.0498. The van der Waals surface area contributed by atoms with Crippen LogP contribution in [0.2, 0.25) is 5.02 Å². The van der Waals surface area contributed by atoms with E-state index in [1.165, 1.54) is 15.2 Å². The minimum atomic E-state index is -0.588. The highest BCUT2D eigenvalue weighted by atomic mass is 35.5. The number of nitrogens with one attached hydrogen (secondary N) is 1. The fraction of sp³-hybridized carbons (Fsp3) is 0.176. The Bertz CT molecular complexity index is 1020. The van der Waals surface area contributed by atoms with E-state index in [2.05, 4.69) is 5.32 Å². The second kappa shape index (κ2) is 6.41. The summed E-state index contributed by atoms with van der Waals surface area (Å²) in [5.74, 6) is -0.557. The summed E-state index contributed by atoms with van der Waals surface area (Å²) < 4.78 is 2.87. The molecule has 0 saturated carbocycles. The van der Waals surface area contributed by atoms with Crippen molar-refractivity contribution in [3.05, 3.63) is 74.0 Å². The molecule has 0 fully saturated rings. The molecular formula is C17H16ClN3O3. The van der Waals surface area contributed by atoms with Gasteiger partial charge in [0.2, 0.25) is 5.43 Å².